The Labute approximate surface area is 200 Å². The monoisotopic (exact) mass is 462 g/mol. The molecular formula is C27H30N2O3S. The Morgan fingerprint density at radius 1 is 0.909 bits per heavy atom. The van der Waals surface area contributed by atoms with Gasteiger partial charge in [-0.05, 0) is 28.8 Å². The van der Waals surface area contributed by atoms with Crippen molar-refractivity contribution in [1.29, 1.82) is 0 Å². The molecule has 172 valence electrons. The van der Waals surface area contributed by atoms with Gasteiger partial charge < -0.3 is 15.0 Å². The summed E-state index contributed by atoms with van der Waals surface area (Å²) in [7, 11) is 3.23. The van der Waals surface area contributed by atoms with Gasteiger partial charge in [0.25, 0.3) is 0 Å². The van der Waals surface area contributed by atoms with Crippen LogP contribution in [0.15, 0.2) is 84.9 Å². The summed E-state index contributed by atoms with van der Waals surface area (Å²) >= 11 is 1.56. The van der Waals surface area contributed by atoms with E-state index in [9.17, 15) is 9.59 Å². The van der Waals surface area contributed by atoms with Gasteiger partial charge in [0.15, 0.2) is 0 Å². The summed E-state index contributed by atoms with van der Waals surface area (Å²) in [5, 5.41) is 2.75. The molecule has 1 atom stereocenters. The highest BCUT2D eigenvalue weighted by Gasteiger charge is 2.29. The maximum Gasteiger partial charge on any atom is 0.242 e. The molecule has 0 aliphatic rings. The number of ether oxygens (including phenoxy) is 1. The van der Waals surface area contributed by atoms with E-state index < -0.39 is 6.04 Å². The van der Waals surface area contributed by atoms with Crippen molar-refractivity contribution in [3.8, 4) is 5.75 Å². The molecular weight excluding hydrogens is 432 g/mol. The molecule has 3 rings (SSSR count). The molecule has 0 fully saturated rings. The standard InChI is InChI=1S/C27H30N2O3S/c1-28-27(31)25(17-21-10-5-3-6-11-21)29(18-23-14-9-15-24(16-23)32-2)26(30)20-33-19-22-12-7-4-8-13-22/h3-16,25H,17-20H2,1-2H3,(H,28,31)/t25-/m0/s1. The number of rotatable bonds is 11. The molecule has 0 bridgehead atoms. The zero-order chi connectivity index (χ0) is 23.5. The van der Waals surface area contributed by atoms with E-state index in [1.165, 1.54) is 5.56 Å². The topological polar surface area (TPSA) is 58.6 Å². The third-order valence-electron chi connectivity index (χ3n) is 5.34. The molecule has 0 aliphatic carbocycles. The predicted molar refractivity (Wildman–Crippen MR) is 134 cm³/mol. The van der Waals surface area contributed by atoms with Crippen molar-refractivity contribution in [3.05, 3.63) is 102 Å². The fourth-order valence-corrected chi connectivity index (χ4v) is 4.47. The third-order valence-corrected chi connectivity index (χ3v) is 6.33. The SMILES string of the molecule is CNC(=O)[C@H](Cc1ccccc1)N(Cc1cccc(OC)c1)C(=O)CSCc1ccccc1. The molecule has 0 spiro atoms. The summed E-state index contributed by atoms with van der Waals surface area (Å²) in [4.78, 5) is 28.1. The van der Waals surface area contributed by atoms with E-state index >= 15 is 0 Å². The second-order valence-electron chi connectivity index (χ2n) is 7.67. The maximum absolute atomic E-state index is 13.4. The van der Waals surface area contributed by atoms with Gasteiger partial charge >= 0.3 is 0 Å². The number of nitrogens with one attached hydrogen (secondary N) is 1. The van der Waals surface area contributed by atoms with Crippen LogP contribution in [0.4, 0.5) is 0 Å². The Kier molecular flexibility index (Phi) is 9.39. The lowest BCUT2D eigenvalue weighted by Crippen LogP contribution is -2.50. The smallest absolute Gasteiger partial charge is 0.242 e. The number of likely N-dealkylation sites (N-methyl/N-ethyl adjacent to an activating group) is 1. The molecule has 6 heteroatoms. The van der Waals surface area contributed by atoms with Crippen molar-refractivity contribution in [3.63, 3.8) is 0 Å². The summed E-state index contributed by atoms with van der Waals surface area (Å²) in [6.45, 7) is 0.326. The minimum Gasteiger partial charge on any atom is -0.497 e. The first-order valence-electron chi connectivity index (χ1n) is 10.9. The Hall–Kier alpha value is -3.25. The van der Waals surface area contributed by atoms with Gasteiger partial charge in [0.2, 0.25) is 11.8 Å². The summed E-state index contributed by atoms with van der Waals surface area (Å²) < 4.78 is 5.35. The summed E-state index contributed by atoms with van der Waals surface area (Å²) in [5.41, 5.74) is 3.09. The number of carbonyl (C=O) groups is 2. The summed E-state index contributed by atoms with van der Waals surface area (Å²) in [6, 6.07) is 26.9. The highest BCUT2D eigenvalue weighted by molar-refractivity contribution is 7.99. The molecule has 0 unspecified atom stereocenters. The highest BCUT2D eigenvalue weighted by atomic mass is 32.2. The first kappa shape index (κ1) is 24.4. The third kappa shape index (κ3) is 7.39. The molecule has 0 saturated heterocycles. The molecule has 0 radical (unpaired) electrons. The van der Waals surface area contributed by atoms with Crippen LogP contribution < -0.4 is 10.1 Å². The number of thioether (sulfide) groups is 1. The molecule has 5 nitrogen and oxygen atoms in total. The lowest BCUT2D eigenvalue weighted by atomic mass is 10.0. The molecule has 3 aromatic carbocycles. The van der Waals surface area contributed by atoms with Crippen LogP contribution in [0.25, 0.3) is 0 Å². The van der Waals surface area contributed by atoms with Crippen LogP contribution in [-0.4, -0.2) is 42.7 Å². The molecule has 0 aromatic heterocycles. The van der Waals surface area contributed by atoms with Gasteiger partial charge in [-0.2, -0.15) is 0 Å². The molecule has 2 amide bonds. The normalized spacial score (nSPS) is 11.5. The Morgan fingerprint density at radius 2 is 1.55 bits per heavy atom. The van der Waals surface area contributed by atoms with E-state index in [-0.39, 0.29) is 11.8 Å². The van der Waals surface area contributed by atoms with Crippen molar-refractivity contribution in [1.82, 2.24) is 10.2 Å². The number of benzene rings is 3. The first-order valence-corrected chi connectivity index (χ1v) is 12.1. The molecule has 0 aliphatic heterocycles. The van der Waals surface area contributed by atoms with E-state index in [2.05, 4.69) is 5.32 Å². The number of hydrogen-bond donors (Lipinski definition) is 1. The van der Waals surface area contributed by atoms with E-state index in [1.807, 2.05) is 84.9 Å². The van der Waals surface area contributed by atoms with Crippen molar-refractivity contribution >= 4 is 23.6 Å². The minimum absolute atomic E-state index is 0.0664. The number of amides is 2. The van der Waals surface area contributed by atoms with E-state index in [1.54, 1.807) is 30.8 Å². The summed E-state index contributed by atoms with van der Waals surface area (Å²) in [6.07, 6.45) is 0.444. The zero-order valence-electron chi connectivity index (χ0n) is 19.1. The van der Waals surface area contributed by atoms with Crippen LogP contribution in [0.1, 0.15) is 16.7 Å². The maximum atomic E-state index is 13.4. The Balaban J connectivity index is 1.82. The summed E-state index contributed by atoms with van der Waals surface area (Å²) in [5.74, 6) is 1.51. The van der Waals surface area contributed by atoms with E-state index in [4.69, 9.17) is 4.74 Å². The quantitative estimate of drug-likeness (QED) is 0.461. The van der Waals surface area contributed by atoms with Crippen LogP contribution in [0.3, 0.4) is 0 Å². The number of nitrogens with zero attached hydrogens (tertiary/aromatic N) is 1. The fraction of sp³-hybridized carbons (Fsp3) is 0.259. The lowest BCUT2D eigenvalue weighted by Gasteiger charge is -2.31. The molecule has 3 aromatic rings. The number of methoxy groups -OCH3 is 1. The van der Waals surface area contributed by atoms with Crippen LogP contribution in [0, 0.1) is 0 Å². The van der Waals surface area contributed by atoms with Gasteiger partial charge in [0.1, 0.15) is 11.8 Å². The van der Waals surface area contributed by atoms with Gasteiger partial charge in [0, 0.05) is 25.8 Å². The fourth-order valence-electron chi connectivity index (χ4n) is 3.60. The zero-order valence-corrected chi connectivity index (χ0v) is 19.9. The van der Waals surface area contributed by atoms with E-state index in [0.717, 1.165) is 22.6 Å². The van der Waals surface area contributed by atoms with Crippen molar-refractivity contribution < 1.29 is 14.3 Å². The molecule has 33 heavy (non-hydrogen) atoms. The van der Waals surface area contributed by atoms with Gasteiger partial charge in [-0.25, -0.2) is 0 Å². The van der Waals surface area contributed by atoms with Gasteiger partial charge in [-0.1, -0.05) is 72.8 Å². The first-order chi connectivity index (χ1) is 16.1. The van der Waals surface area contributed by atoms with Crippen molar-refractivity contribution in [2.75, 3.05) is 19.9 Å². The number of carbonyl (C=O) groups excluding carboxylic acids is 2. The average Bonchev–Trinajstić information content (AvgIpc) is 2.87. The average molecular weight is 463 g/mol. The lowest BCUT2D eigenvalue weighted by molar-refractivity contribution is -0.139. The number of hydrogen-bond acceptors (Lipinski definition) is 4. The van der Waals surface area contributed by atoms with Gasteiger partial charge in [-0.3, -0.25) is 9.59 Å². The van der Waals surface area contributed by atoms with Crippen LogP contribution in [0.2, 0.25) is 0 Å². The van der Waals surface area contributed by atoms with Gasteiger partial charge in [0.05, 0.1) is 12.9 Å². The van der Waals surface area contributed by atoms with Crippen LogP contribution in [0.5, 0.6) is 5.75 Å². The highest BCUT2D eigenvalue weighted by Crippen LogP contribution is 2.20. The van der Waals surface area contributed by atoms with Crippen LogP contribution >= 0.6 is 11.8 Å². The molecule has 0 saturated carbocycles. The minimum atomic E-state index is -0.617. The Morgan fingerprint density at radius 3 is 2.18 bits per heavy atom. The largest absolute Gasteiger partial charge is 0.497 e. The van der Waals surface area contributed by atoms with Crippen molar-refractivity contribution in [2.45, 2.75) is 24.8 Å². The van der Waals surface area contributed by atoms with E-state index in [0.29, 0.717) is 18.7 Å². The van der Waals surface area contributed by atoms with Crippen molar-refractivity contribution in [2.24, 2.45) is 0 Å². The second kappa shape index (κ2) is 12.7. The Bertz CT molecular complexity index is 1030. The van der Waals surface area contributed by atoms with Gasteiger partial charge in [-0.15, -0.1) is 11.8 Å². The van der Waals surface area contributed by atoms with Crippen LogP contribution in [-0.2, 0) is 28.3 Å². The molecule has 1 N–H and O–H groups in total. The molecule has 0 heterocycles. The predicted octanol–water partition coefficient (Wildman–Crippen LogP) is 4.31. The second-order valence-corrected chi connectivity index (χ2v) is 8.66.